The SMILES string of the molecule is O=C(C1CC1)N1CC[C@@H](CN2C(=O)C3(CC3)N=C2c2ccc(-c3ccc4cccnc4c3)cc2)C1. The molecule has 3 heterocycles. The number of hydrogen-bond acceptors (Lipinski definition) is 4. The van der Waals surface area contributed by atoms with Gasteiger partial charge in [0.15, 0.2) is 0 Å². The van der Waals surface area contributed by atoms with E-state index in [1.807, 2.05) is 22.1 Å². The molecular weight excluding hydrogens is 436 g/mol. The first-order valence-electron chi connectivity index (χ1n) is 12.8. The monoisotopic (exact) mass is 464 g/mol. The fourth-order valence-corrected chi connectivity index (χ4v) is 5.58. The number of likely N-dealkylation sites (tertiary alicyclic amines) is 1. The van der Waals surface area contributed by atoms with Crippen molar-refractivity contribution >= 4 is 28.6 Å². The second kappa shape index (κ2) is 7.74. The molecule has 6 nitrogen and oxygen atoms in total. The number of benzene rings is 2. The van der Waals surface area contributed by atoms with Crippen LogP contribution in [0.5, 0.6) is 0 Å². The largest absolute Gasteiger partial charge is 0.342 e. The molecule has 2 amide bonds. The Labute approximate surface area is 204 Å². The third-order valence-corrected chi connectivity index (χ3v) is 7.99. The lowest BCUT2D eigenvalue weighted by molar-refractivity contribution is -0.131. The predicted molar refractivity (Wildman–Crippen MR) is 135 cm³/mol. The highest BCUT2D eigenvalue weighted by Crippen LogP contribution is 2.46. The molecule has 1 atom stereocenters. The van der Waals surface area contributed by atoms with Gasteiger partial charge in [-0.3, -0.25) is 24.5 Å². The first-order valence-corrected chi connectivity index (χ1v) is 12.8. The fourth-order valence-electron chi connectivity index (χ4n) is 5.58. The van der Waals surface area contributed by atoms with E-state index in [-0.39, 0.29) is 11.8 Å². The summed E-state index contributed by atoms with van der Waals surface area (Å²) >= 11 is 0. The van der Waals surface area contributed by atoms with Gasteiger partial charge in [-0.05, 0) is 61.3 Å². The maximum atomic E-state index is 13.3. The second-order valence-corrected chi connectivity index (χ2v) is 10.6. The Morgan fingerprint density at radius 3 is 2.51 bits per heavy atom. The minimum atomic E-state index is -0.528. The minimum absolute atomic E-state index is 0.143. The number of carbonyl (C=O) groups excluding carboxylic acids is 2. The lowest BCUT2D eigenvalue weighted by atomic mass is 10.0. The van der Waals surface area contributed by atoms with Crippen molar-refractivity contribution in [2.75, 3.05) is 19.6 Å². The standard InChI is InChI=1S/C29H28N4O2/c34-27(23-8-9-23)32-15-11-19(17-32)18-33-26(31-29(12-13-29)28(33)35)22-6-3-20(4-7-22)24-10-5-21-2-1-14-30-25(21)16-24/h1-7,10,14,16,19,23H,8-9,11-13,15,17-18H2/t19-/m1/s1. The number of amides is 2. The van der Waals surface area contributed by atoms with Crippen LogP contribution in [0, 0.1) is 11.8 Å². The van der Waals surface area contributed by atoms with Gasteiger partial charge in [-0.2, -0.15) is 0 Å². The van der Waals surface area contributed by atoms with Crippen LogP contribution in [0.3, 0.4) is 0 Å². The van der Waals surface area contributed by atoms with E-state index in [0.29, 0.717) is 18.4 Å². The van der Waals surface area contributed by atoms with Crippen LogP contribution >= 0.6 is 0 Å². The fraction of sp³-hybridized carbons (Fsp3) is 0.379. The average Bonchev–Trinajstić information content (AvgIpc) is 3.82. The molecule has 1 spiro atoms. The van der Waals surface area contributed by atoms with Crippen LogP contribution in [0.4, 0.5) is 0 Å². The Bertz CT molecular complexity index is 1370. The molecule has 1 saturated heterocycles. The molecule has 7 rings (SSSR count). The van der Waals surface area contributed by atoms with Crippen LogP contribution in [0.2, 0.25) is 0 Å². The zero-order valence-electron chi connectivity index (χ0n) is 19.7. The highest BCUT2D eigenvalue weighted by molar-refractivity contribution is 6.16. The van der Waals surface area contributed by atoms with E-state index in [2.05, 4.69) is 53.5 Å². The van der Waals surface area contributed by atoms with Gasteiger partial charge >= 0.3 is 0 Å². The number of fused-ring (bicyclic) bond motifs is 1. The summed E-state index contributed by atoms with van der Waals surface area (Å²) in [6.45, 7) is 2.22. The quantitative estimate of drug-likeness (QED) is 0.566. The summed E-state index contributed by atoms with van der Waals surface area (Å²) in [5.41, 5.74) is 3.67. The molecule has 0 N–H and O–H groups in total. The molecule has 2 aliphatic carbocycles. The lowest BCUT2D eigenvalue weighted by Gasteiger charge is -2.23. The smallest absolute Gasteiger partial charge is 0.256 e. The molecule has 2 aromatic carbocycles. The number of hydrogen-bond donors (Lipinski definition) is 0. The summed E-state index contributed by atoms with van der Waals surface area (Å²) in [7, 11) is 0. The Hall–Kier alpha value is -3.54. The normalized spacial score (nSPS) is 22.8. The molecule has 176 valence electrons. The molecule has 35 heavy (non-hydrogen) atoms. The molecule has 1 aromatic heterocycles. The second-order valence-electron chi connectivity index (χ2n) is 10.6. The summed E-state index contributed by atoms with van der Waals surface area (Å²) in [6, 6.07) is 18.7. The number of carbonyl (C=O) groups is 2. The summed E-state index contributed by atoms with van der Waals surface area (Å²) in [6.07, 6.45) is 6.52. The van der Waals surface area contributed by atoms with E-state index in [9.17, 15) is 9.59 Å². The minimum Gasteiger partial charge on any atom is -0.342 e. The first-order chi connectivity index (χ1) is 17.1. The van der Waals surface area contributed by atoms with Crippen molar-refractivity contribution in [3.8, 4) is 11.1 Å². The summed E-state index contributed by atoms with van der Waals surface area (Å²) in [4.78, 5) is 39.2. The van der Waals surface area contributed by atoms with Crippen LogP contribution in [0.25, 0.3) is 22.0 Å². The summed E-state index contributed by atoms with van der Waals surface area (Å²) in [5, 5.41) is 1.13. The van der Waals surface area contributed by atoms with E-state index in [1.54, 1.807) is 0 Å². The number of aromatic nitrogens is 1. The average molecular weight is 465 g/mol. The third kappa shape index (κ3) is 3.63. The highest BCUT2D eigenvalue weighted by atomic mass is 16.2. The zero-order valence-corrected chi connectivity index (χ0v) is 19.7. The van der Waals surface area contributed by atoms with Crippen molar-refractivity contribution in [1.82, 2.24) is 14.8 Å². The van der Waals surface area contributed by atoms with E-state index >= 15 is 0 Å². The van der Waals surface area contributed by atoms with Gasteiger partial charge in [0.05, 0.1) is 5.52 Å². The molecule has 6 heteroatoms. The Morgan fingerprint density at radius 1 is 0.971 bits per heavy atom. The Morgan fingerprint density at radius 2 is 1.74 bits per heavy atom. The van der Waals surface area contributed by atoms with E-state index < -0.39 is 5.54 Å². The summed E-state index contributed by atoms with van der Waals surface area (Å²) in [5.74, 6) is 1.82. The molecular formula is C29H28N4O2. The molecule has 4 aliphatic rings. The van der Waals surface area contributed by atoms with Crippen molar-refractivity contribution in [3.63, 3.8) is 0 Å². The first kappa shape index (κ1) is 20.8. The molecule has 3 fully saturated rings. The third-order valence-electron chi connectivity index (χ3n) is 7.99. The van der Waals surface area contributed by atoms with Crippen LogP contribution in [-0.2, 0) is 9.59 Å². The number of rotatable bonds is 5. The van der Waals surface area contributed by atoms with E-state index in [1.165, 1.54) is 0 Å². The number of nitrogens with zero attached hydrogens (tertiary/aromatic N) is 4. The van der Waals surface area contributed by atoms with Crippen molar-refractivity contribution in [2.24, 2.45) is 16.8 Å². The van der Waals surface area contributed by atoms with Gasteiger partial charge in [0.25, 0.3) is 5.91 Å². The maximum absolute atomic E-state index is 13.3. The highest BCUT2D eigenvalue weighted by Gasteiger charge is 2.57. The molecule has 2 aliphatic heterocycles. The number of amidine groups is 1. The van der Waals surface area contributed by atoms with E-state index in [0.717, 1.165) is 78.6 Å². The Balaban J connectivity index is 1.12. The van der Waals surface area contributed by atoms with Crippen LogP contribution < -0.4 is 0 Å². The van der Waals surface area contributed by atoms with Gasteiger partial charge in [0.2, 0.25) is 5.91 Å². The van der Waals surface area contributed by atoms with Crippen molar-refractivity contribution in [3.05, 3.63) is 66.4 Å². The lowest BCUT2D eigenvalue weighted by Crippen LogP contribution is -2.40. The van der Waals surface area contributed by atoms with Crippen LogP contribution in [0.15, 0.2) is 65.8 Å². The van der Waals surface area contributed by atoms with Gasteiger partial charge in [-0.25, -0.2) is 0 Å². The molecule has 3 aromatic rings. The van der Waals surface area contributed by atoms with Crippen LogP contribution in [-0.4, -0.2) is 57.6 Å². The zero-order chi connectivity index (χ0) is 23.6. The van der Waals surface area contributed by atoms with Crippen molar-refractivity contribution in [1.29, 1.82) is 0 Å². The number of aliphatic imine (C=N–C) groups is 1. The number of pyridine rings is 1. The van der Waals surface area contributed by atoms with E-state index in [4.69, 9.17) is 4.99 Å². The van der Waals surface area contributed by atoms with Gasteiger partial charge in [-0.15, -0.1) is 0 Å². The topological polar surface area (TPSA) is 65.9 Å². The maximum Gasteiger partial charge on any atom is 0.256 e. The molecule has 0 unspecified atom stereocenters. The van der Waals surface area contributed by atoms with Crippen LogP contribution in [0.1, 0.15) is 37.7 Å². The Kier molecular flexibility index (Phi) is 4.60. The van der Waals surface area contributed by atoms with Gasteiger partial charge in [0.1, 0.15) is 11.4 Å². The molecule has 0 bridgehead atoms. The van der Waals surface area contributed by atoms with Gasteiger partial charge in [-0.1, -0.05) is 42.5 Å². The van der Waals surface area contributed by atoms with Gasteiger partial charge < -0.3 is 4.90 Å². The molecule has 0 radical (unpaired) electrons. The molecule has 2 saturated carbocycles. The van der Waals surface area contributed by atoms with Gasteiger partial charge in [0, 0.05) is 42.7 Å². The predicted octanol–water partition coefficient (Wildman–Crippen LogP) is 4.28. The van der Waals surface area contributed by atoms with Crippen molar-refractivity contribution in [2.45, 2.75) is 37.6 Å². The van der Waals surface area contributed by atoms with Crippen molar-refractivity contribution < 1.29 is 9.59 Å². The summed E-state index contributed by atoms with van der Waals surface area (Å²) < 4.78 is 0.